The molecule has 2 heterocycles. The predicted octanol–water partition coefficient (Wildman–Crippen LogP) is 5.06. The van der Waals surface area contributed by atoms with E-state index in [1.807, 2.05) is 37.3 Å². The van der Waals surface area contributed by atoms with Crippen LogP contribution in [0, 0.1) is 42.9 Å². The minimum absolute atomic E-state index is 0.0549. The van der Waals surface area contributed by atoms with Crippen LogP contribution in [0.15, 0.2) is 41.8 Å². The van der Waals surface area contributed by atoms with Gasteiger partial charge in [-0.3, -0.25) is 4.79 Å². The van der Waals surface area contributed by atoms with Crippen molar-refractivity contribution < 1.29 is 14.6 Å². The number of piperidine rings is 1. The van der Waals surface area contributed by atoms with Gasteiger partial charge >= 0.3 is 0 Å². The lowest BCUT2D eigenvalue weighted by Gasteiger charge is -2.37. The van der Waals surface area contributed by atoms with Crippen LogP contribution in [0.1, 0.15) is 39.9 Å². The summed E-state index contributed by atoms with van der Waals surface area (Å²) >= 11 is 1.67. The van der Waals surface area contributed by atoms with Crippen molar-refractivity contribution in [3.8, 4) is 23.1 Å². The van der Waals surface area contributed by atoms with Crippen molar-refractivity contribution in [2.75, 3.05) is 38.2 Å². The zero-order valence-electron chi connectivity index (χ0n) is 22.2. The molecule has 1 N–H and O–H groups in total. The minimum atomic E-state index is -0.170. The van der Waals surface area contributed by atoms with Crippen molar-refractivity contribution in [2.24, 2.45) is 17.8 Å². The molecule has 198 valence electrons. The maximum absolute atomic E-state index is 12.5. The summed E-state index contributed by atoms with van der Waals surface area (Å²) in [6.07, 6.45) is 2.40. The van der Waals surface area contributed by atoms with Crippen LogP contribution in [-0.4, -0.2) is 54.2 Å². The number of hydrogen-bond acceptors (Lipinski definition) is 7. The molecule has 7 nitrogen and oxygen atoms in total. The highest BCUT2D eigenvalue weighted by molar-refractivity contribution is 7.14. The van der Waals surface area contributed by atoms with Crippen molar-refractivity contribution >= 4 is 22.4 Å². The van der Waals surface area contributed by atoms with Gasteiger partial charge in [0, 0.05) is 43.3 Å². The summed E-state index contributed by atoms with van der Waals surface area (Å²) in [5, 5.41) is 21.8. The van der Waals surface area contributed by atoms with Gasteiger partial charge in [0.15, 0.2) is 5.13 Å². The molecule has 1 saturated heterocycles. The molecule has 1 aromatic heterocycles. The van der Waals surface area contributed by atoms with E-state index in [9.17, 15) is 9.90 Å². The third kappa shape index (κ3) is 5.27. The summed E-state index contributed by atoms with van der Waals surface area (Å²) in [6.45, 7) is 6.70. The highest BCUT2D eigenvalue weighted by atomic mass is 32.1. The van der Waals surface area contributed by atoms with Gasteiger partial charge in [-0.2, -0.15) is 5.26 Å². The van der Waals surface area contributed by atoms with Gasteiger partial charge in [0.25, 0.3) is 5.91 Å². The molecule has 5 rings (SSSR count). The molecule has 0 spiro atoms. The van der Waals surface area contributed by atoms with E-state index in [-0.39, 0.29) is 12.5 Å². The van der Waals surface area contributed by atoms with Gasteiger partial charge < -0.3 is 19.6 Å². The van der Waals surface area contributed by atoms with Crippen LogP contribution in [0.3, 0.4) is 0 Å². The monoisotopic (exact) mass is 530 g/mol. The lowest BCUT2D eigenvalue weighted by Crippen LogP contribution is -2.43. The number of nitriles is 1. The van der Waals surface area contributed by atoms with Crippen molar-refractivity contribution in [1.29, 1.82) is 5.26 Å². The van der Waals surface area contributed by atoms with Gasteiger partial charge in [0.05, 0.1) is 11.8 Å². The van der Waals surface area contributed by atoms with Crippen LogP contribution in [0.4, 0.5) is 5.13 Å². The van der Waals surface area contributed by atoms with Crippen LogP contribution in [-0.2, 0) is 6.61 Å². The van der Waals surface area contributed by atoms with Crippen molar-refractivity contribution in [1.82, 2.24) is 9.88 Å². The van der Waals surface area contributed by atoms with E-state index in [1.165, 1.54) is 17.7 Å². The van der Waals surface area contributed by atoms with Gasteiger partial charge in [-0.15, -0.1) is 11.3 Å². The summed E-state index contributed by atoms with van der Waals surface area (Å²) in [4.78, 5) is 21.4. The third-order valence-corrected chi connectivity index (χ3v) is 8.94. The molecule has 3 atom stereocenters. The fourth-order valence-electron chi connectivity index (χ4n) is 5.84. The fourth-order valence-corrected chi connectivity index (χ4v) is 6.68. The Balaban J connectivity index is 1.31. The van der Waals surface area contributed by atoms with E-state index >= 15 is 0 Å². The number of hydrogen-bond donors (Lipinski definition) is 1. The zero-order valence-corrected chi connectivity index (χ0v) is 23.0. The quantitative estimate of drug-likeness (QED) is 0.410. The molecule has 2 aliphatic rings. The second-order valence-electron chi connectivity index (χ2n) is 10.6. The Labute approximate surface area is 228 Å². The molecule has 1 amide bonds. The maximum atomic E-state index is 12.5. The lowest BCUT2D eigenvalue weighted by atomic mass is 9.86. The second-order valence-corrected chi connectivity index (χ2v) is 11.4. The normalized spacial score (nSPS) is 20.3. The molecular formula is C30H34N4O3S. The van der Waals surface area contributed by atoms with E-state index in [4.69, 9.17) is 15.0 Å². The first-order chi connectivity index (χ1) is 18.4. The van der Waals surface area contributed by atoms with Gasteiger partial charge in [-0.05, 0) is 79.8 Å². The number of aromatic nitrogens is 1. The maximum Gasteiger partial charge on any atom is 0.254 e. The standard InChI is InChI=1S/C30H34N4O3S/c1-19-4-9-28(37-17-24-8-5-21(13-20(24)2)29(36)33(3)11-10-31)25(12-19)27-18-38-30(32-27)34-14-22-6-7-23(15-34)26(22)16-35/h4-5,8-9,12-13,18,22-23,26,35H,6-7,11,14-17H2,1-3H3/t22-,23+,26+. The van der Waals surface area contributed by atoms with Crippen molar-refractivity contribution in [3.05, 3.63) is 64.0 Å². The van der Waals surface area contributed by atoms with E-state index in [0.717, 1.165) is 51.9 Å². The van der Waals surface area contributed by atoms with Gasteiger partial charge in [0.2, 0.25) is 0 Å². The molecule has 3 aromatic rings. The molecule has 0 radical (unpaired) electrons. The summed E-state index contributed by atoms with van der Waals surface area (Å²) < 4.78 is 6.31. The fraction of sp³-hybridized carbons (Fsp3) is 0.433. The molecule has 1 saturated carbocycles. The van der Waals surface area contributed by atoms with Crippen LogP contribution in [0.2, 0.25) is 0 Å². The Morgan fingerprint density at radius 3 is 2.66 bits per heavy atom. The number of rotatable bonds is 8. The molecule has 8 heteroatoms. The molecular weight excluding hydrogens is 496 g/mol. The highest BCUT2D eigenvalue weighted by Crippen LogP contribution is 2.44. The minimum Gasteiger partial charge on any atom is -0.488 e. The predicted molar refractivity (Wildman–Crippen MR) is 149 cm³/mol. The summed E-state index contributed by atoms with van der Waals surface area (Å²) in [6, 6.07) is 13.7. The molecule has 2 aromatic carbocycles. The zero-order chi connectivity index (χ0) is 26.8. The number of thiazole rings is 1. The molecule has 0 unspecified atom stereocenters. The van der Waals surface area contributed by atoms with Gasteiger partial charge in [-0.1, -0.05) is 17.7 Å². The van der Waals surface area contributed by atoms with Gasteiger partial charge in [0.1, 0.15) is 18.9 Å². The van der Waals surface area contributed by atoms with Crippen LogP contribution in [0.5, 0.6) is 5.75 Å². The Morgan fingerprint density at radius 2 is 1.97 bits per heavy atom. The molecule has 2 bridgehead atoms. The number of amides is 1. The van der Waals surface area contributed by atoms with E-state index < -0.39 is 0 Å². The summed E-state index contributed by atoms with van der Waals surface area (Å²) in [7, 11) is 1.63. The van der Waals surface area contributed by atoms with Crippen LogP contribution < -0.4 is 9.64 Å². The number of ether oxygens (including phenoxy) is 1. The molecule has 38 heavy (non-hydrogen) atoms. The molecule has 1 aliphatic carbocycles. The first kappa shape index (κ1) is 26.2. The van der Waals surface area contributed by atoms with Crippen molar-refractivity contribution in [2.45, 2.75) is 33.3 Å². The summed E-state index contributed by atoms with van der Waals surface area (Å²) in [5.74, 6) is 2.16. The Morgan fingerprint density at radius 1 is 1.21 bits per heavy atom. The number of aliphatic hydroxyl groups excluding tert-OH is 1. The summed E-state index contributed by atoms with van der Waals surface area (Å²) in [5.41, 5.74) is 5.56. The molecule has 2 fully saturated rings. The van der Waals surface area contributed by atoms with E-state index in [2.05, 4.69) is 23.3 Å². The average Bonchev–Trinajstić information content (AvgIpc) is 3.50. The lowest BCUT2D eigenvalue weighted by molar-refractivity contribution is 0.0812. The number of anilines is 1. The Hall–Kier alpha value is -3.41. The van der Waals surface area contributed by atoms with Crippen molar-refractivity contribution in [3.63, 3.8) is 0 Å². The number of benzene rings is 2. The smallest absolute Gasteiger partial charge is 0.254 e. The molecule has 1 aliphatic heterocycles. The number of carbonyl (C=O) groups is 1. The second kappa shape index (κ2) is 11.1. The first-order valence-electron chi connectivity index (χ1n) is 13.1. The largest absolute Gasteiger partial charge is 0.488 e. The number of carbonyl (C=O) groups excluding carboxylic acids is 1. The third-order valence-electron chi connectivity index (χ3n) is 8.04. The van der Waals surface area contributed by atoms with Gasteiger partial charge in [-0.25, -0.2) is 4.98 Å². The number of nitrogens with zero attached hydrogens (tertiary/aromatic N) is 4. The topological polar surface area (TPSA) is 89.7 Å². The van der Waals surface area contributed by atoms with Crippen LogP contribution in [0.25, 0.3) is 11.3 Å². The van der Waals surface area contributed by atoms with E-state index in [1.54, 1.807) is 24.5 Å². The van der Waals surface area contributed by atoms with E-state index in [0.29, 0.717) is 36.5 Å². The highest BCUT2D eigenvalue weighted by Gasteiger charge is 2.42. The number of fused-ring (bicyclic) bond motifs is 2. The average molecular weight is 531 g/mol. The Kier molecular flexibility index (Phi) is 7.68. The Bertz CT molecular complexity index is 1350. The number of aliphatic hydroxyl groups is 1. The number of aryl methyl sites for hydroxylation is 2. The van der Waals surface area contributed by atoms with Crippen LogP contribution >= 0.6 is 11.3 Å². The first-order valence-corrected chi connectivity index (χ1v) is 14.0. The SMILES string of the molecule is Cc1ccc(OCc2ccc(C(=O)N(C)CC#N)cc2C)c(-c2csc(N3C[C@H]4CC[C@@H](C3)[C@H]4CO)n2)c1.